The molecule has 0 spiro atoms. The predicted molar refractivity (Wildman–Crippen MR) is 64.0 cm³/mol. The number of benzene rings is 1. The molecule has 94 valence electrons. The Balaban J connectivity index is 3.18. The predicted octanol–water partition coefficient (Wildman–Crippen LogP) is 0.194. The first-order valence-corrected chi connectivity index (χ1v) is 6.45. The molecular weight excluding hydrogens is 266 g/mol. The molecule has 0 saturated heterocycles. The molecule has 0 aromatic heterocycles. The summed E-state index contributed by atoms with van der Waals surface area (Å²) in [5.74, 6) is -0.448. The molecule has 0 saturated carbocycles. The SMILES string of the molecule is CN(C)NC(=O)c1ccc(Cl)c(S(N)(=O)=O)c1. The van der Waals surface area contributed by atoms with E-state index in [1.165, 1.54) is 17.1 Å². The maximum atomic E-state index is 11.6. The van der Waals surface area contributed by atoms with E-state index >= 15 is 0 Å². The van der Waals surface area contributed by atoms with Crippen LogP contribution in [0.4, 0.5) is 0 Å². The van der Waals surface area contributed by atoms with Gasteiger partial charge in [-0.15, -0.1) is 0 Å². The lowest BCUT2D eigenvalue weighted by Gasteiger charge is -2.12. The largest absolute Gasteiger partial charge is 0.285 e. The average molecular weight is 278 g/mol. The van der Waals surface area contributed by atoms with Gasteiger partial charge in [0, 0.05) is 19.7 Å². The maximum Gasteiger partial charge on any atom is 0.265 e. The van der Waals surface area contributed by atoms with Crippen molar-refractivity contribution in [2.45, 2.75) is 4.90 Å². The Labute approximate surface area is 104 Å². The van der Waals surface area contributed by atoms with E-state index in [1.54, 1.807) is 14.1 Å². The molecule has 1 rings (SSSR count). The minimum atomic E-state index is -3.94. The molecular formula is C9H12ClN3O3S. The van der Waals surface area contributed by atoms with Crippen LogP contribution in [0.5, 0.6) is 0 Å². The second-order valence-corrected chi connectivity index (χ2v) is 5.46. The number of halogens is 1. The van der Waals surface area contributed by atoms with Gasteiger partial charge >= 0.3 is 0 Å². The summed E-state index contributed by atoms with van der Waals surface area (Å²) < 4.78 is 22.4. The monoisotopic (exact) mass is 277 g/mol. The zero-order valence-corrected chi connectivity index (χ0v) is 10.8. The number of amides is 1. The summed E-state index contributed by atoms with van der Waals surface area (Å²) in [6, 6.07) is 3.86. The van der Waals surface area contributed by atoms with E-state index in [0.717, 1.165) is 6.07 Å². The van der Waals surface area contributed by atoms with Crippen molar-refractivity contribution >= 4 is 27.5 Å². The fourth-order valence-electron chi connectivity index (χ4n) is 1.13. The summed E-state index contributed by atoms with van der Waals surface area (Å²) in [5, 5.41) is 6.39. The number of hydrogen-bond acceptors (Lipinski definition) is 4. The van der Waals surface area contributed by atoms with E-state index in [4.69, 9.17) is 16.7 Å². The van der Waals surface area contributed by atoms with Crippen molar-refractivity contribution in [3.63, 3.8) is 0 Å². The number of rotatable bonds is 3. The van der Waals surface area contributed by atoms with Crippen LogP contribution < -0.4 is 10.6 Å². The van der Waals surface area contributed by atoms with E-state index in [2.05, 4.69) is 5.43 Å². The number of carbonyl (C=O) groups is 1. The molecule has 17 heavy (non-hydrogen) atoms. The Morgan fingerprint density at radius 3 is 2.47 bits per heavy atom. The molecule has 8 heteroatoms. The molecule has 1 amide bonds. The molecule has 1 aromatic carbocycles. The smallest absolute Gasteiger partial charge is 0.265 e. The molecule has 0 unspecified atom stereocenters. The van der Waals surface area contributed by atoms with Crippen LogP contribution in [0.1, 0.15) is 10.4 Å². The summed E-state index contributed by atoms with van der Waals surface area (Å²) in [5.41, 5.74) is 2.63. The minimum absolute atomic E-state index is 0.0195. The molecule has 0 aliphatic carbocycles. The Bertz CT molecular complexity index is 542. The fourth-order valence-corrected chi connectivity index (χ4v) is 2.20. The standard InChI is InChI=1S/C9H12ClN3O3S/c1-13(2)12-9(14)6-3-4-7(10)8(5-6)17(11,15)16/h3-5H,1-2H3,(H,12,14)(H2,11,15,16). The topological polar surface area (TPSA) is 92.5 Å². The third kappa shape index (κ3) is 3.67. The van der Waals surface area contributed by atoms with Crippen LogP contribution in [-0.4, -0.2) is 33.4 Å². The van der Waals surface area contributed by atoms with Gasteiger partial charge in [-0.3, -0.25) is 10.2 Å². The average Bonchev–Trinajstić information content (AvgIpc) is 2.15. The van der Waals surface area contributed by atoms with E-state index in [-0.39, 0.29) is 15.5 Å². The molecule has 1 aromatic rings. The summed E-state index contributed by atoms with van der Waals surface area (Å²) in [6.07, 6.45) is 0. The second kappa shape index (κ2) is 5.01. The van der Waals surface area contributed by atoms with Crippen LogP contribution in [0.25, 0.3) is 0 Å². The van der Waals surface area contributed by atoms with Gasteiger partial charge in [0.25, 0.3) is 5.91 Å². The van der Waals surface area contributed by atoms with Crippen molar-refractivity contribution in [3.8, 4) is 0 Å². The first-order chi connectivity index (χ1) is 7.71. The molecule has 0 fully saturated rings. The van der Waals surface area contributed by atoms with Crippen molar-refractivity contribution in [1.29, 1.82) is 0 Å². The highest BCUT2D eigenvalue weighted by Crippen LogP contribution is 2.21. The molecule has 0 aliphatic rings. The van der Waals surface area contributed by atoms with Gasteiger partial charge < -0.3 is 0 Å². The number of nitrogens with zero attached hydrogens (tertiary/aromatic N) is 1. The zero-order chi connectivity index (χ0) is 13.2. The van der Waals surface area contributed by atoms with Crippen molar-refractivity contribution in [2.24, 2.45) is 5.14 Å². The molecule has 0 bridgehead atoms. The maximum absolute atomic E-state index is 11.6. The highest BCUT2D eigenvalue weighted by atomic mass is 35.5. The number of hydrazine groups is 1. The Morgan fingerprint density at radius 2 is 2.00 bits per heavy atom. The molecule has 0 aliphatic heterocycles. The number of carbonyl (C=O) groups excluding carboxylic acids is 1. The van der Waals surface area contributed by atoms with Crippen molar-refractivity contribution in [1.82, 2.24) is 10.4 Å². The number of nitrogens with two attached hydrogens (primary N) is 1. The number of sulfonamides is 1. The van der Waals surface area contributed by atoms with Crippen LogP contribution in [-0.2, 0) is 10.0 Å². The van der Waals surface area contributed by atoms with Gasteiger partial charge in [-0.25, -0.2) is 18.6 Å². The van der Waals surface area contributed by atoms with E-state index in [0.29, 0.717) is 0 Å². The van der Waals surface area contributed by atoms with Crippen LogP contribution in [0.3, 0.4) is 0 Å². The summed E-state index contributed by atoms with van der Waals surface area (Å²) >= 11 is 5.69. The molecule has 6 nitrogen and oxygen atoms in total. The normalized spacial score (nSPS) is 11.6. The third-order valence-electron chi connectivity index (χ3n) is 1.83. The van der Waals surface area contributed by atoms with Crippen LogP contribution in [0.15, 0.2) is 23.1 Å². The van der Waals surface area contributed by atoms with Gasteiger partial charge in [-0.1, -0.05) is 11.6 Å². The summed E-state index contributed by atoms with van der Waals surface area (Å²) in [6.45, 7) is 0. The van der Waals surface area contributed by atoms with E-state index in [1.807, 2.05) is 0 Å². The van der Waals surface area contributed by atoms with Crippen LogP contribution in [0, 0.1) is 0 Å². The molecule has 0 atom stereocenters. The van der Waals surface area contributed by atoms with E-state index < -0.39 is 15.9 Å². The first-order valence-electron chi connectivity index (χ1n) is 4.52. The third-order valence-corrected chi connectivity index (χ3v) is 3.22. The fraction of sp³-hybridized carbons (Fsp3) is 0.222. The van der Waals surface area contributed by atoms with Crippen molar-refractivity contribution in [2.75, 3.05) is 14.1 Å². The molecule has 0 radical (unpaired) electrons. The summed E-state index contributed by atoms with van der Waals surface area (Å²) in [7, 11) is -0.677. The lowest BCUT2D eigenvalue weighted by atomic mass is 10.2. The van der Waals surface area contributed by atoms with Gasteiger partial charge in [-0.2, -0.15) is 0 Å². The Morgan fingerprint density at radius 1 is 1.41 bits per heavy atom. The van der Waals surface area contributed by atoms with Gasteiger partial charge in [0.15, 0.2) is 0 Å². The van der Waals surface area contributed by atoms with Gasteiger partial charge in [0.05, 0.1) is 5.02 Å². The molecule has 0 heterocycles. The Kier molecular flexibility index (Phi) is 4.10. The highest BCUT2D eigenvalue weighted by Gasteiger charge is 2.16. The quantitative estimate of drug-likeness (QED) is 0.772. The van der Waals surface area contributed by atoms with Gasteiger partial charge in [0.2, 0.25) is 10.0 Å². The van der Waals surface area contributed by atoms with Crippen molar-refractivity contribution < 1.29 is 13.2 Å². The van der Waals surface area contributed by atoms with E-state index in [9.17, 15) is 13.2 Å². The van der Waals surface area contributed by atoms with Crippen molar-refractivity contribution in [3.05, 3.63) is 28.8 Å². The van der Waals surface area contributed by atoms with Gasteiger partial charge in [0.1, 0.15) is 4.90 Å². The summed E-state index contributed by atoms with van der Waals surface area (Å²) in [4.78, 5) is 11.3. The lowest BCUT2D eigenvalue weighted by Crippen LogP contribution is -2.36. The highest BCUT2D eigenvalue weighted by molar-refractivity contribution is 7.89. The first kappa shape index (κ1) is 13.9. The Hall–Kier alpha value is -1.15. The second-order valence-electron chi connectivity index (χ2n) is 3.53. The number of hydrogen-bond donors (Lipinski definition) is 2. The van der Waals surface area contributed by atoms with Crippen LogP contribution >= 0.6 is 11.6 Å². The number of nitrogens with one attached hydrogen (secondary N) is 1. The number of primary sulfonamides is 1. The van der Waals surface area contributed by atoms with Gasteiger partial charge in [-0.05, 0) is 18.2 Å². The minimum Gasteiger partial charge on any atom is -0.285 e. The lowest BCUT2D eigenvalue weighted by molar-refractivity contribution is 0.0856. The molecule has 3 N–H and O–H groups in total. The van der Waals surface area contributed by atoms with Crippen LogP contribution in [0.2, 0.25) is 5.02 Å². The zero-order valence-electron chi connectivity index (χ0n) is 9.27.